The van der Waals surface area contributed by atoms with Crippen molar-refractivity contribution in [3.05, 3.63) is 36.0 Å². The summed E-state index contributed by atoms with van der Waals surface area (Å²) in [6, 6.07) is 3.94. The van der Waals surface area contributed by atoms with E-state index in [9.17, 15) is 13.6 Å². The number of amides is 1. The van der Waals surface area contributed by atoms with Gasteiger partial charge in [0.1, 0.15) is 5.52 Å². The maximum absolute atomic E-state index is 13.7. The number of pyridine rings is 1. The smallest absolute Gasteiger partial charge is 0.241 e. The third-order valence-corrected chi connectivity index (χ3v) is 4.65. The van der Waals surface area contributed by atoms with Crippen LogP contribution in [0.4, 0.5) is 14.5 Å². The van der Waals surface area contributed by atoms with E-state index in [4.69, 9.17) is 4.74 Å². The molecule has 126 valence electrons. The van der Waals surface area contributed by atoms with Crippen LogP contribution in [-0.4, -0.2) is 35.2 Å². The number of anilines is 1. The number of carbonyl (C=O) groups is 1. The first-order chi connectivity index (χ1) is 11.5. The van der Waals surface area contributed by atoms with Gasteiger partial charge in [0.2, 0.25) is 5.91 Å². The molecule has 2 aliphatic heterocycles. The molecular weight excluding hydrogens is 316 g/mol. The maximum Gasteiger partial charge on any atom is 0.241 e. The van der Waals surface area contributed by atoms with Gasteiger partial charge in [-0.2, -0.15) is 0 Å². The van der Waals surface area contributed by atoms with Crippen LogP contribution in [0.15, 0.2) is 24.4 Å². The maximum atomic E-state index is 13.7. The van der Waals surface area contributed by atoms with Crippen molar-refractivity contribution >= 4 is 22.5 Å². The lowest BCUT2D eigenvalue weighted by Crippen LogP contribution is -2.39. The summed E-state index contributed by atoms with van der Waals surface area (Å²) in [5.41, 5.74) is 0.399. The highest BCUT2D eigenvalue weighted by atomic mass is 19.2. The SMILES string of the molecule is C[C@@H]1C[C@@H]2N[C@@H](C(=O)Nc3cnc4c(F)c(F)ccc4c3)C[C@@H]2O1. The number of rotatable bonds is 2. The molecule has 2 aliphatic rings. The summed E-state index contributed by atoms with van der Waals surface area (Å²) in [6.07, 6.45) is 3.15. The van der Waals surface area contributed by atoms with E-state index < -0.39 is 11.6 Å². The molecule has 1 aromatic heterocycles. The number of nitrogens with one attached hydrogen (secondary N) is 2. The van der Waals surface area contributed by atoms with E-state index >= 15 is 0 Å². The Morgan fingerprint density at radius 3 is 3.00 bits per heavy atom. The van der Waals surface area contributed by atoms with Crippen LogP contribution in [0.3, 0.4) is 0 Å². The zero-order chi connectivity index (χ0) is 16.8. The first kappa shape index (κ1) is 15.4. The molecule has 0 spiro atoms. The van der Waals surface area contributed by atoms with E-state index in [0.717, 1.165) is 12.5 Å². The Kier molecular flexibility index (Phi) is 3.69. The van der Waals surface area contributed by atoms with Crippen LogP contribution in [-0.2, 0) is 9.53 Å². The number of fused-ring (bicyclic) bond motifs is 2. The quantitative estimate of drug-likeness (QED) is 0.886. The number of halogens is 2. The van der Waals surface area contributed by atoms with Crippen molar-refractivity contribution in [1.82, 2.24) is 10.3 Å². The Hall–Kier alpha value is -2.12. The topological polar surface area (TPSA) is 63.2 Å². The number of aromatic nitrogens is 1. The van der Waals surface area contributed by atoms with Gasteiger partial charge in [0.25, 0.3) is 0 Å². The van der Waals surface area contributed by atoms with E-state index in [0.29, 0.717) is 17.5 Å². The number of hydrogen-bond acceptors (Lipinski definition) is 4. The highest BCUT2D eigenvalue weighted by Gasteiger charge is 2.43. The molecule has 2 fully saturated rings. The zero-order valence-corrected chi connectivity index (χ0v) is 13.1. The standard InChI is InChI=1S/C17H17F2N3O2/c1-8-4-12-14(24-8)6-13(22-12)17(23)21-10-5-9-2-3-11(18)15(19)16(9)20-7-10/h2-3,5,7-8,12-14,22H,4,6H2,1H3,(H,21,23)/t8-,12+,13-,14+/m1/s1. The van der Waals surface area contributed by atoms with Crippen LogP contribution in [0.5, 0.6) is 0 Å². The third-order valence-electron chi connectivity index (χ3n) is 4.65. The second-order valence-electron chi connectivity index (χ2n) is 6.43. The van der Waals surface area contributed by atoms with Gasteiger partial charge in [-0.05, 0) is 38.0 Å². The zero-order valence-electron chi connectivity index (χ0n) is 13.1. The van der Waals surface area contributed by atoms with Crippen molar-refractivity contribution in [2.45, 2.75) is 44.1 Å². The highest BCUT2D eigenvalue weighted by molar-refractivity contribution is 5.96. The number of carbonyl (C=O) groups excluding carboxylic acids is 1. The lowest BCUT2D eigenvalue weighted by Gasteiger charge is -2.14. The van der Waals surface area contributed by atoms with Crippen LogP contribution in [0.1, 0.15) is 19.8 Å². The summed E-state index contributed by atoms with van der Waals surface area (Å²) in [7, 11) is 0. The van der Waals surface area contributed by atoms with Gasteiger partial charge in [0.15, 0.2) is 11.6 Å². The Balaban J connectivity index is 1.48. The minimum absolute atomic E-state index is 0.0519. The number of ether oxygens (including phenoxy) is 1. The molecule has 24 heavy (non-hydrogen) atoms. The molecule has 3 heterocycles. The molecule has 5 nitrogen and oxygen atoms in total. The van der Waals surface area contributed by atoms with Crippen LogP contribution < -0.4 is 10.6 Å². The van der Waals surface area contributed by atoms with E-state index in [1.807, 2.05) is 6.92 Å². The lowest BCUT2D eigenvalue weighted by atomic mass is 10.1. The van der Waals surface area contributed by atoms with E-state index in [1.165, 1.54) is 12.3 Å². The number of nitrogens with zero attached hydrogens (tertiary/aromatic N) is 1. The van der Waals surface area contributed by atoms with Crippen molar-refractivity contribution < 1.29 is 18.3 Å². The Bertz CT molecular complexity index is 800. The predicted octanol–water partition coefficient (Wildman–Crippen LogP) is 2.36. The molecule has 2 saturated heterocycles. The fraction of sp³-hybridized carbons (Fsp3) is 0.412. The highest BCUT2D eigenvalue weighted by Crippen LogP contribution is 2.30. The summed E-state index contributed by atoms with van der Waals surface area (Å²) in [6.45, 7) is 2.03. The summed E-state index contributed by atoms with van der Waals surface area (Å²) in [4.78, 5) is 16.3. The fourth-order valence-electron chi connectivity index (χ4n) is 3.53. The van der Waals surface area contributed by atoms with Crippen LogP contribution in [0.2, 0.25) is 0 Å². The molecule has 2 aromatic rings. The molecule has 0 saturated carbocycles. The molecule has 7 heteroatoms. The fourth-order valence-corrected chi connectivity index (χ4v) is 3.53. The third kappa shape index (κ3) is 2.63. The summed E-state index contributed by atoms with van der Waals surface area (Å²) < 4.78 is 32.6. The molecule has 4 atom stereocenters. The average molecular weight is 333 g/mol. The predicted molar refractivity (Wildman–Crippen MR) is 84.6 cm³/mol. The largest absolute Gasteiger partial charge is 0.374 e. The lowest BCUT2D eigenvalue weighted by molar-refractivity contribution is -0.118. The molecule has 0 unspecified atom stereocenters. The molecule has 0 aliphatic carbocycles. The Morgan fingerprint density at radius 2 is 2.21 bits per heavy atom. The summed E-state index contributed by atoms with van der Waals surface area (Å²) in [5, 5.41) is 6.50. The summed E-state index contributed by atoms with van der Waals surface area (Å²) >= 11 is 0. The van der Waals surface area contributed by atoms with Crippen molar-refractivity contribution in [2.24, 2.45) is 0 Å². The second kappa shape index (κ2) is 5.75. The first-order valence-electron chi connectivity index (χ1n) is 7.97. The monoisotopic (exact) mass is 333 g/mol. The van der Waals surface area contributed by atoms with Gasteiger partial charge in [-0.1, -0.05) is 0 Å². The normalized spacial score (nSPS) is 29.0. The van der Waals surface area contributed by atoms with E-state index in [-0.39, 0.29) is 35.7 Å². The minimum Gasteiger partial charge on any atom is -0.374 e. The number of hydrogen-bond donors (Lipinski definition) is 2. The van der Waals surface area contributed by atoms with E-state index in [1.54, 1.807) is 6.07 Å². The van der Waals surface area contributed by atoms with Gasteiger partial charge < -0.3 is 15.4 Å². The van der Waals surface area contributed by atoms with Crippen LogP contribution >= 0.6 is 0 Å². The van der Waals surface area contributed by atoms with Crippen LogP contribution in [0.25, 0.3) is 10.9 Å². The van der Waals surface area contributed by atoms with Crippen LogP contribution in [0, 0.1) is 11.6 Å². The van der Waals surface area contributed by atoms with Crippen molar-refractivity contribution in [3.8, 4) is 0 Å². The van der Waals surface area contributed by atoms with Gasteiger partial charge in [0, 0.05) is 11.4 Å². The second-order valence-corrected chi connectivity index (χ2v) is 6.43. The van der Waals surface area contributed by atoms with Gasteiger partial charge in [-0.3, -0.25) is 9.78 Å². The van der Waals surface area contributed by atoms with Crippen molar-refractivity contribution in [2.75, 3.05) is 5.32 Å². The minimum atomic E-state index is -0.984. The number of benzene rings is 1. The molecule has 0 bridgehead atoms. The molecular formula is C17H17F2N3O2. The van der Waals surface area contributed by atoms with Gasteiger partial charge in [0.05, 0.1) is 30.1 Å². The van der Waals surface area contributed by atoms with Crippen molar-refractivity contribution in [1.29, 1.82) is 0 Å². The van der Waals surface area contributed by atoms with E-state index in [2.05, 4.69) is 15.6 Å². The Morgan fingerprint density at radius 1 is 1.38 bits per heavy atom. The Labute approximate surface area is 137 Å². The molecule has 2 N–H and O–H groups in total. The van der Waals surface area contributed by atoms with Gasteiger partial charge in [-0.15, -0.1) is 0 Å². The van der Waals surface area contributed by atoms with Gasteiger partial charge in [-0.25, -0.2) is 8.78 Å². The average Bonchev–Trinajstić information content (AvgIpc) is 3.08. The van der Waals surface area contributed by atoms with Gasteiger partial charge >= 0.3 is 0 Å². The molecule has 0 radical (unpaired) electrons. The first-order valence-corrected chi connectivity index (χ1v) is 7.97. The molecule has 1 amide bonds. The summed E-state index contributed by atoms with van der Waals surface area (Å²) in [5.74, 6) is -2.10. The van der Waals surface area contributed by atoms with Crippen molar-refractivity contribution in [3.63, 3.8) is 0 Å². The molecule has 4 rings (SSSR count). The molecule has 1 aromatic carbocycles.